The zero-order valence-electron chi connectivity index (χ0n) is 17.1. The SMILES string of the molecule is O=C(O)c1cccc(C2CCN(c3nc(=O)c4cc(C(F)(F)F)cc([N+](=O)[O-])c4s3)CC2)c1F. The number of aromatic carboxylic acids is 1. The summed E-state index contributed by atoms with van der Waals surface area (Å²) >= 11 is 0.742. The van der Waals surface area contributed by atoms with Crippen LogP contribution < -0.4 is 10.5 Å². The van der Waals surface area contributed by atoms with Crippen LogP contribution >= 0.6 is 11.3 Å². The van der Waals surface area contributed by atoms with Gasteiger partial charge < -0.3 is 10.0 Å². The van der Waals surface area contributed by atoms with Gasteiger partial charge >= 0.3 is 12.1 Å². The second-order valence-electron chi connectivity index (χ2n) is 7.70. The van der Waals surface area contributed by atoms with Gasteiger partial charge in [0.05, 0.1) is 21.4 Å². The van der Waals surface area contributed by atoms with Crippen LogP contribution in [-0.4, -0.2) is 34.1 Å². The Hall–Kier alpha value is -3.61. The number of alkyl halides is 3. The van der Waals surface area contributed by atoms with Crippen molar-refractivity contribution in [3.8, 4) is 0 Å². The summed E-state index contributed by atoms with van der Waals surface area (Å²) in [7, 11) is 0. The van der Waals surface area contributed by atoms with Gasteiger partial charge in [0.1, 0.15) is 10.5 Å². The van der Waals surface area contributed by atoms with E-state index >= 15 is 0 Å². The molecule has 8 nitrogen and oxygen atoms in total. The normalized spacial score (nSPS) is 15.0. The number of aromatic nitrogens is 1. The van der Waals surface area contributed by atoms with Crippen molar-refractivity contribution >= 4 is 38.2 Å². The van der Waals surface area contributed by atoms with Gasteiger partial charge in [0.25, 0.3) is 11.2 Å². The Balaban J connectivity index is 1.66. The van der Waals surface area contributed by atoms with E-state index in [0.29, 0.717) is 25.0 Å². The van der Waals surface area contributed by atoms with Crippen molar-refractivity contribution in [2.45, 2.75) is 24.9 Å². The highest BCUT2D eigenvalue weighted by molar-refractivity contribution is 7.22. The molecule has 0 amide bonds. The minimum absolute atomic E-state index is 0.110. The van der Waals surface area contributed by atoms with E-state index in [1.165, 1.54) is 18.2 Å². The first-order valence-electron chi connectivity index (χ1n) is 9.94. The second-order valence-corrected chi connectivity index (χ2v) is 8.68. The van der Waals surface area contributed by atoms with Crippen LogP contribution in [0.2, 0.25) is 0 Å². The third kappa shape index (κ3) is 4.30. The molecule has 1 aromatic heterocycles. The number of nitro benzene ring substituents is 1. The highest BCUT2D eigenvalue weighted by Gasteiger charge is 2.34. The third-order valence-corrected chi connectivity index (χ3v) is 6.84. The molecule has 3 aromatic rings. The summed E-state index contributed by atoms with van der Waals surface area (Å²) in [6, 6.07) is 5.09. The lowest BCUT2D eigenvalue weighted by atomic mass is 9.88. The van der Waals surface area contributed by atoms with Crippen molar-refractivity contribution in [2.24, 2.45) is 0 Å². The largest absolute Gasteiger partial charge is 0.478 e. The number of non-ortho nitro benzene ring substituents is 1. The molecule has 0 radical (unpaired) electrons. The Morgan fingerprint density at radius 2 is 1.91 bits per heavy atom. The Kier molecular flexibility index (Phi) is 5.98. The van der Waals surface area contributed by atoms with E-state index in [2.05, 4.69) is 4.98 Å². The fraction of sp³-hybridized carbons (Fsp3) is 0.286. The van der Waals surface area contributed by atoms with E-state index in [1.807, 2.05) is 0 Å². The molecule has 34 heavy (non-hydrogen) atoms. The maximum absolute atomic E-state index is 14.6. The van der Waals surface area contributed by atoms with Crippen LogP contribution in [0.5, 0.6) is 0 Å². The number of carboxylic acids is 1. The molecular weight excluding hydrogens is 482 g/mol. The fourth-order valence-corrected chi connectivity index (χ4v) is 5.10. The first-order valence-corrected chi connectivity index (χ1v) is 10.8. The van der Waals surface area contributed by atoms with E-state index in [4.69, 9.17) is 5.11 Å². The van der Waals surface area contributed by atoms with Crippen molar-refractivity contribution in [2.75, 3.05) is 18.0 Å². The number of piperidine rings is 1. The lowest BCUT2D eigenvalue weighted by Crippen LogP contribution is -2.34. The molecular formula is C21H15F4N3O5S. The summed E-state index contributed by atoms with van der Waals surface area (Å²) in [6.45, 7) is 0.564. The van der Waals surface area contributed by atoms with Crippen molar-refractivity contribution < 1.29 is 32.4 Å². The first kappa shape index (κ1) is 23.5. The summed E-state index contributed by atoms with van der Waals surface area (Å²) < 4.78 is 53.8. The fourth-order valence-electron chi connectivity index (χ4n) is 3.99. The van der Waals surface area contributed by atoms with Crippen LogP contribution in [0.25, 0.3) is 10.1 Å². The van der Waals surface area contributed by atoms with Gasteiger partial charge in [0.15, 0.2) is 5.13 Å². The topological polar surface area (TPSA) is 114 Å². The highest BCUT2D eigenvalue weighted by atomic mass is 32.1. The summed E-state index contributed by atoms with van der Waals surface area (Å²) in [5.74, 6) is -2.48. The molecule has 2 aromatic carbocycles. The molecule has 0 bridgehead atoms. The number of hydrogen-bond acceptors (Lipinski definition) is 7. The minimum atomic E-state index is -4.87. The van der Waals surface area contributed by atoms with Crippen molar-refractivity contribution in [1.82, 2.24) is 4.98 Å². The Labute approximate surface area is 192 Å². The number of halogens is 4. The number of carboxylic acid groups (broad SMARTS) is 1. The number of carbonyl (C=O) groups is 1. The second kappa shape index (κ2) is 8.63. The molecule has 0 unspecified atom stereocenters. The van der Waals surface area contributed by atoms with Crippen molar-refractivity contribution in [3.05, 3.63) is 73.3 Å². The van der Waals surface area contributed by atoms with Crippen LogP contribution in [0, 0.1) is 15.9 Å². The number of nitrogens with zero attached hydrogens (tertiary/aromatic N) is 3. The van der Waals surface area contributed by atoms with Crippen molar-refractivity contribution in [3.63, 3.8) is 0 Å². The molecule has 0 saturated carbocycles. The monoisotopic (exact) mass is 497 g/mol. The molecule has 4 rings (SSSR count). The lowest BCUT2D eigenvalue weighted by Gasteiger charge is -2.32. The summed E-state index contributed by atoms with van der Waals surface area (Å²) in [4.78, 5) is 39.7. The van der Waals surface area contributed by atoms with Crippen LogP contribution in [0.1, 0.15) is 40.2 Å². The van der Waals surface area contributed by atoms with Gasteiger partial charge in [-0.15, -0.1) is 0 Å². The van der Waals surface area contributed by atoms with Gasteiger partial charge in [-0.2, -0.15) is 18.2 Å². The number of rotatable bonds is 4. The van der Waals surface area contributed by atoms with Gasteiger partial charge in [0.2, 0.25) is 0 Å². The molecule has 0 aliphatic carbocycles. The quantitative estimate of drug-likeness (QED) is 0.313. The Morgan fingerprint density at radius 1 is 1.24 bits per heavy atom. The zero-order chi connectivity index (χ0) is 24.8. The average Bonchev–Trinajstić information content (AvgIpc) is 2.77. The molecule has 0 spiro atoms. The van der Waals surface area contributed by atoms with E-state index < -0.39 is 50.6 Å². The first-order chi connectivity index (χ1) is 16.0. The predicted octanol–water partition coefficient (Wildman–Crippen LogP) is 4.80. The molecule has 1 N–H and O–H groups in total. The van der Waals surface area contributed by atoms with Crippen LogP contribution in [0.15, 0.2) is 35.1 Å². The van der Waals surface area contributed by atoms with E-state index in [-0.39, 0.29) is 34.4 Å². The molecule has 1 aliphatic rings. The van der Waals surface area contributed by atoms with Crippen LogP contribution in [0.3, 0.4) is 0 Å². The average molecular weight is 497 g/mol. The maximum atomic E-state index is 14.6. The number of benzene rings is 2. The molecule has 178 valence electrons. The van der Waals surface area contributed by atoms with Crippen molar-refractivity contribution in [1.29, 1.82) is 0 Å². The van der Waals surface area contributed by atoms with Gasteiger partial charge in [-0.3, -0.25) is 14.9 Å². The molecule has 1 aliphatic heterocycles. The smallest absolute Gasteiger partial charge is 0.416 e. The Bertz CT molecular complexity index is 1370. The van der Waals surface area contributed by atoms with Crippen LogP contribution in [-0.2, 0) is 6.18 Å². The van der Waals surface area contributed by atoms with E-state index in [1.54, 1.807) is 4.90 Å². The standard InChI is InChI=1S/C21H15F4N3O5S/c22-16-12(2-1-3-13(16)19(30)31)10-4-6-27(7-5-10)20-26-18(29)14-8-11(21(23,24)25)9-15(28(32)33)17(14)34-20/h1-3,8-10H,4-7H2,(H,30,31). The number of fused-ring (bicyclic) bond motifs is 1. The summed E-state index contributed by atoms with van der Waals surface area (Å²) in [5, 5.41) is 20.2. The Morgan fingerprint density at radius 3 is 2.50 bits per heavy atom. The van der Waals surface area contributed by atoms with Gasteiger partial charge in [-0.25, -0.2) is 9.18 Å². The lowest BCUT2D eigenvalue weighted by molar-refractivity contribution is -0.383. The number of anilines is 1. The maximum Gasteiger partial charge on any atom is 0.416 e. The van der Waals surface area contributed by atoms with Gasteiger partial charge in [-0.05, 0) is 36.5 Å². The van der Waals surface area contributed by atoms with Gasteiger partial charge in [-0.1, -0.05) is 23.5 Å². The molecule has 1 saturated heterocycles. The zero-order valence-corrected chi connectivity index (χ0v) is 18.0. The molecule has 2 heterocycles. The predicted molar refractivity (Wildman–Crippen MR) is 115 cm³/mol. The van der Waals surface area contributed by atoms with Gasteiger partial charge in [0, 0.05) is 19.2 Å². The summed E-state index contributed by atoms with van der Waals surface area (Å²) in [6.07, 6.45) is -4.10. The molecule has 0 atom stereocenters. The van der Waals surface area contributed by atoms with E-state index in [9.17, 15) is 37.3 Å². The van der Waals surface area contributed by atoms with E-state index in [0.717, 1.165) is 11.3 Å². The van der Waals surface area contributed by atoms with Crippen LogP contribution in [0.4, 0.5) is 28.4 Å². The third-order valence-electron chi connectivity index (χ3n) is 5.68. The highest BCUT2D eigenvalue weighted by Crippen LogP contribution is 2.39. The summed E-state index contributed by atoms with van der Waals surface area (Å²) in [5.41, 5.74) is -3.33. The molecule has 1 fully saturated rings. The number of nitro groups is 1. The molecule has 13 heteroatoms. The minimum Gasteiger partial charge on any atom is -0.478 e. The number of hydrogen-bond donors (Lipinski definition) is 1.